The monoisotopic (exact) mass is 403 g/mol. The normalized spacial score (nSPS) is 13.4. The molecule has 0 radical (unpaired) electrons. The Morgan fingerprint density at radius 1 is 1.25 bits per heavy atom. The molecule has 3 rings (SSSR count). The van der Waals surface area contributed by atoms with Gasteiger partial charge in [0.05, 0.1) is 10.5 Å². The third-order valence-electron chi connectivity index (χ3n) is 4.46. The SMILES string of the molecule is O=C(COC(=O)c1ccc(N2CCCC2)c([N+](=O)[O-])c1)NCCc1cccs1. The Hall–Kier alpha value is -2.94. The number of nitro groups is 1. The van der Waals surface area contributed by atoms with E-state index in [4.69, 9.17) is 4.74 Å². The zero-order valence-electron chi connectivity index (χ0n) is 15.3. The van der Waals surface area contributed by atoms with E-state index in [1.54, 1.807) is 17.4 Å². The van der Waals surface area contributed by atoms with Crippen molar-refractivity contribution in [2.45, 2.75) is 19.3 Å². The van der Waals surface area contributed by atoms with E-state index < -0.39 is 23.4 Å². The Morgan fingerprint density at radius 2 is 2.04 bits per heavy atom. The predicted octanol–water partition coefficient (Wildman–Crippen LogP) is 2.77. The van der Waals surface area contributed by atoms with E-state index >= 15 is 0 Å². The van der Waals surface area contributed by atoms with Crippen molar-refractivity contribution in [2.75, 3.05) is 31.1 Å². The topological polar surface area (TPSA) is 102 Å². The van der Waals surface area contributed by atoms with Crippen LogP contribution < -0.4 is 10.2 Å². The standard InChI is InChI=1S/C19H21N3O5S/c23-18(20-8-7-15-4-3-11-28-15)13-27-19(24)14-5-6-16(17(12-14)22(25)26)21-9-1-2-10-21/h3-6,11-12H,1-2,7-10,13H2,(H,20,23). The highest BCUT2D eigenvalue weighted by Gasteiger charge is 2.24. The van der Waals surface area contributed by atoms with Gasteiger partial charge in [-0.25, -0.2) is 4.79 Å². The number of hydrogen-bond acceptors (Lipinski definition) is 7. The van der Waals surface area contributed by atoms with Crippen LogP contribution in [0.2, 0.25) is 0 Å². The van der Waals surface area contributed by atoms with Crippen molar-refractivity contribution in [1.29, 1.82) is 0 Å². The van der Waals surface area contributed by atoms with Crippen LogP contribution in [0.4, 0.5) is 11.4 Å². The van der Waals surface area contributed by atoms with E-state index in [1.165, 1.54) is 12.1 Å². The fourth-order valence-corrected chi connectivity index (χ4v) is 3.78. The summed E-state index contributed by atoms with van der Waals surface area (Å²) >= 11 is 1.61. The van der Waals surface area contributed by atoms with Gasteiger partial charge in [-0.15, -0.1) is 11.3 Å². The van der Waals surface area contributed by atoms with Crippen LogP contribution in [-0.2, 0) is 16.0 Å². The third-order valence-corrected chi connectivity index (χ3v) is 5.40. The summed E-state index contributed by atoms with van der Waals surface area (Å²) in [5.74, 6) is -1.17. The summed E-state index contributed by atoms with van der Waals surface area (Å²) in [7, 11) is 0. The van der Waals surface area contributed by atoms with Gasteiger partial charge in [0.1, 0.15) is 5.69 Å². The van der Waals surface area contributed by atoms with Crippen molar-refractivity contribution in [3.8, 4) is 0 Å². The van der Waals surface area contributed by atoms with Gasteiger partial charge >= 0.3 is 5.97 Å². The van der Waals surface area contributed by atoms with Crippen molar-refractivity contribution in [2.24, 2.45) is 0 Å². The summed E-state index contributed by atoms with van der Waals surface area (Å²) in [5, 5.41) is 16.0. The molecule has 148 valence electrons. The second kappa shape index (κ2) is 9.32. The Morgan fingerprint density at radius 3 is 2.71 bits per heavy atom. The molecule has 0 unspecified atom stereocenters. The minimum Gasteiger partial charge on any atom is -0.452 e. The van der Waals surface area contributed by atoms with Crippen LogP contribution in [0.1, 0.15) is 28.1 Å². The van der Waals surface area contributed by atoms with Gasteiger partial charge in [0.2, 0.25) is 0 Å². The number of hydrogen-bond donors (Lipinski definition) is 1. The number of benzene rings is 1. The largest absolute Gasteiger partial charge is 0.452 e. The molecule has 1 aromatic heterocycles. The fourth-order valence-electron chi connectivity index (χ4n) is 3.07. The molecule has 1 fully saturated rings. The number of nitrogens with one attached hydrogen (secondary N) is 1. The molecular formula is C19H21N3O5S. The maximum atomic E-state index is 12.2. The first-order valence-corrected chi connectivity index (χ1v) is 9.92. The maximum absolute atomic E-state index is 12.2. The molecule has 1 N–H and O–H groups in total. The van der Waals surface area contributed by atoms with E-state index in [2.05, 4.69) is 5.32 Å². The predicted molar refractivity (Wildman–Crippen MR) is 106 cm³/mol. The molecule has 0 spiro atoms. The van der Waals surface area contributed by atoms with Crippen molar-refractivity contribution in [3.63, 3.8) is 0 Å². The lowest BCUT2D eigenvalue weighted by Crippen LogP contribution is -2.30. The number of nitro benzene ring substituents is 1. The molecule has 0 saturated carbocycles. The molecule has 1 aromatic carbocycles. The second-order valence-corrected chi connectivity index (χ2v) is 7.44. The molecule has 9 heteroatoms. The molecule has 1 amide bonds. The van der Waals surface area contributed by atoms with Crippen LogP contribution in [0.15, 0.2) is 35.7 Å². The number of thiophene rings is 1. The summed E-state index contributed by atoms with van der Waals surface area (Å²) in [6.07, 6.45) is 2.69. The zero-order valence-corrected chi connectivity index (χ0v) is 16.1. The molecule has 28 heavy (non-hydrogen) atoms. The van der Waals surface area contributed by atoms with Gasteiger partial charge in [-0.05, 0) is 42.8 Å². The average molecular weight is 403 g/mol. The highest BCUT2D eigenvalue weighted by molar-refractivity contribution is 7.09. The number of esters is 1. The summed E-state index contributed by atoms with van der Waals surface area (Å²) in [6.45, 7) is 1.55. The Kier molecular flexibility index (Phi) is 6.59. The van der Waals surface area contributed by atoms with Crippen LogP contribution in [0.25, 0.3) is 0 Å². The number of carbonyl (C=O) groups is 2. The van der Waals surface area contributed by atoms with Crippen LogP contribution >= 0.6 is 11.3 Å². The number of ether oxygens (including phenoxy) is 1. The van der Waals surface area contributed by atoms with Gasteiger partial charge in [0.15, 0.2) is 6.61 Å². The highest BCUT2D eigenvalue weighted by Crippen LogP contribution is 2.31. The lowest BCUT2D eigenvalue weighted by molar-refractivity contribution is -0.384. The minimum absolute atomic E-state index is 0.0565. The first-order chi connectivity index (χ1) is 13.5. The smallest absolute Gasteiger partial charge is 0.338 e. The molecule has 0 aliphatic carbocycles. The molecule has 0 atom stereocenters. The molecule has 2 aromatic rings. The summed E-state index contributed by atoms with van der Waals surface area (Å²) in [6, 6.07) is 8.21. The lowest BCUT2D eigenvalue weighted by Gasteiger charge is -2.17. The van der Waals surface area contributed by atoms with E-state index in [0.717, 1.165) is 30.8 Å². The average Bonchev–Trinajstić information content (AvgIpc) is 3.39. The number of carbonyl (C=O) groups excluding carboxylic acids is 2. The lowest BCUT2D eigenvalue weighted by atomic mass is 10.1. The third kappa shape index (κ3) is 5.07. The van der Waals surface area contributed by atoms with Crippen LogP contribution in [0.5, 0.6) is 0 Å². The molecule has 8 nitrogen and oxygen atoms in total. The van der Waals surface area contributed by atoms with Crippen LogP contribution in [-0.4, -0.2) is 43.0 Å². The van der Waals surface area contributed by atoms with E-state index in [-0.39, 0.29) is 11.3 Å². The van der Waals surface area contributed by atoms with Gasteiger partial charge in [0.25, 0.3) is 11.6 Å². The summed E-state index contributed by atoms with van der Waals surface area (Å²) in [4.78, 5) is 38.0. The molecular weight excluding hydrogens is 382 g/mol. The van der Waals surface area contributed by atoms with Gasteiger partial charge in [0, 0.05) is 30.6 Å². The van der Waals surface area contributed by atoms with Gasteiger partial charge in [-0.3, -0.25) is 14.9 Å². The van der Waals surface area contributed by atoms with Gasteiger partial charge < -0.3 is 15.0 Å². The minimum atomic E-state index is -0.760. The van der Waals surface area contributed by atoms with Crippen molar-refractivity contribution >= 4 is 34.6 Å². The first-order valence-electron chi connectivity index (χ1n) is 9.04. The molecule has 2 heterocycles. The maximum Gasteiger partial charge on any atom is 0.338 e. The Bertz CT molecular complexity index is 847. The number of nitrogens with zero attached hydrogens (tertiary/aromatic N) is 2. The van der Waals surface area contributed by atoms with Gasteiger partial charge in [-0.1, -0.05) is 6.07 Å². The fraction of sp³-hybridized carbons (Fsp3) is 0.368. The number of amides is 1. The Balaban J connectivity index is 1.54. The second-order valence-electron chi connectivity index (χ2n) is 6.41. The zero-order chi connectivity index (χ0) is 19.9. The van der Waals surface area contributed by atoms with Crippen molar-refractivity contribution < 1.29 is 19.2 Å². The molecule has 0 bridgehead atoms. The van der Waals surface area contributed by atoms with E-state index in [1.807, 2.05) is 22.4 Å². The van der Waals surface area contributed by atoms with Crippen LogP contribution in [0, 0.1) is 10.1 Å². The van der Waals surface area contributed by atoms with Crippen LogP contribution in [0.3, 0.4) is 0 Å². The quantitative estimate of drug-likeness (QED) is 0.413. The number of rotatable bonds is 8. The van der Waals surface area contributed by atoms with E-state index in [9.17, 15) is 19.7 Å². The summed E-state index contributed by atoms with van der Waals surface area (Å²) < 4.78 is 4.99. The van der Waals surface area contributed by atoms with E-state index in [0.29, 0.717) is 18.7 Å². The first kappa shape index (κ1) is 19.8. The summed E-state index contributed by atoms with van der Waals surface area (Å²) in [5.41, 5.74) is 0.433. The van der Waals surface area contributed by atoms with Crippen molar-refractivity contribution in [1.82, 2.24) is 5.32 Å². The highest BCUT2D eigenvalue weighted by atomic mass is 32.1. The van der Waals surface area contributed by atoms with Crippen molar-refractivity contribution in [3.05, 3.63) is 56.3 Å². The molecule has 1 saturated heterocycles. The number of anilines is 1. The van der Waals surface area contributed by atoms with Gasteiger partial charge in [-0.2, -0.15) is 0 Å². The Labute approximate surface area is 166 Å². The molecule has 1 aliphatic heterocycles. The molecule has 1 aliphatic rings.